The second-order valence-corrected chi connectivity index (χ2v) is 5.73. The van der Waals surface area contributed by atoms with Gasteiger partial charge in [0, 0.05) is 25.5 Å². The third-order valence-corrected chi connectivity index (χ3v) is 3.87. The minimum absolute atomic E-state index is 0.659. The highest BCUT2D eigenvalue weighted by molar-refractivity contribution is 9.10. The molecule has 112 valence electrons. The van der Waals surface area contributed by atoms with Crippen molar-refractivity contribution < 1.29 is 0 Å². The van der Waals surface area contributed by atoms with Crippen LogP contribution in [0.4, 0.5) is 17.5 Å². The Balaban J connectivity index is 2.25. The van der Waals surface area contributed by atoms with E-state index in [9.17, 15) is 0 Å². The molecule has 0 aliphatic rings. The molecule has 1 aromatic carbocycles. The van der Waals surface area contributed by atoms with E-state index in [-0.39, 0.29) is 0 Å². The van der Waals surface area contributed by atoms with Crippen LogP contribution in [-0.4, -0.2) is 23.6 Å². The molecule has 1 aromatic heterocycles. The first-order valence-corrected chi connectivity index (χ1v) is 8.04. The molecule has 0 amide bonds. The fourth-order valence-electron chi connectivity index (χ4n) is 1.99. The number of halogens is 1. The van der Waals surface area contributed by atoms with E-state index in [0.717, 1.165) is 35.4 Å². The van der Waals surface area contributed by atoms with E-state index < -0.39 is 0 Å². The first-order valence-electron chi connectivity index (χ1n) is 7.24. The van der Waals surface area contributed by atoms with Crippen LogP contribution in [0.5, 0.6) is 0 Å². The fraction of sp³-hybridized carbons (Fsp3) is 0.375. The number of nitrogens with zero attached hydrogens (tertiary/aromatic N) is 3. The second-order valence-electron chi connectivity index (χ2n) is 4.87. The van der Waals surface area contributed by atoms with Gasteiger partial charge >= 0.3 is 0 Å². The molecule has 0 fully saturated rings. The quantitative estimate of drug-likeness (QED) is 0.840. The SMILES string of the molecule is CCCNc1ncc(Br)c(N(C)c2ccc(CC)cc2)n1. The minimum Gasteiger partial charge on any atom is -0.354 e. The largest absolute Gasteiger partial charge is 0.354 e. The van der Waals surface area contributed by atoms with Crippen molar-refractivity contribution in [3.05, 3.63) is 40.5 Å². The van der Waals surface area contributed by atoms with Gasteiger partial charge in [0.2, 0.25) is 5.95 Å². The summed E-state index contributed by atoms with van der Waals surface area (Å²) in [6, 6.07) is 8.54. The van der Waals surface area contributed by atoms with Gasteiger partial charge < -0.3 is 10.2 Å². The molecular formula is C16H21BrN4. The van der Waals surface area contributed by atoms with E-state index in [1.165, 1.54) is 5.56 Å². The Kier molecular flexibility index (Phi) is 5.56. The number of anilines is 3. The van der Waals surface area contributed by atoms with Gasteiger partial charge in [-0.25, -0.2) is 4.98 Å². The van der Waals surface area contributed by atoms with Crippen LogP contribution in [0.2, 0.25) is 0 Å². The van der Waals surface area contributed by atoms with Crippen LogP contribution in [0.1, 0.15) is 25.8 Å². The molecule has 0 saturated heterocycles. The van der Waals surface area contributed by atoms with Crippen molar-refractivity contribution in [2.45, 2.75) is 26.7 Å². The summed E-state index contributed by atoms with van der Waals surface area (Å²) < 4.78 is 0.881. The Labute approximate surface area is 134 Å². The van der Waals surface area contributed by atoms with E-state index in [1.807, 2.05) is 7.05 Å². The highest BCUT2D eigenvalue weighted by Crippen LogP contribution is 2.29. The van der Waals surface area contributed by atoms with E-state index >= 15 is 0 Å². The van der Waals surface area contributed by atoms with Gasteiger partial charge in [-0.15, -0.1) is 0 Å². The van der Waals surface area contributed by atoms with Gasteiger partial charge in [0.05, 0.1) is 4.47 Å². The Morgan fingerprint density at radius 3 is 2.52 bits per heavy atom. The molecular weight excluding hydrogens is 328 g/mol. The summed E-state index contributed by atoms with van der Waals surface area (Å²) in [5, 5.41) is 3.22. The highest BCUT2D eigenvalue weighted by Gasteiger charge is 2.11. The Morgan fingerprint density at radius 1 is 1.19 bits per heavy atom. The van der Waals surface area contributed by atoms with Gasteiger partial charge in [-0.1, -0.05) is 26.0 Å². The molecule has 4 nitrogen and oxygen atoms in total. The van der Waals surface area contributed by atoms with E-state index in [2.05, 4.69) is 74.2 Å². The van der Waals surface area contributed by atoms with E-state index in [4.69, 9.17) is 0 Å². The van der Waals surface area contributed by atoms with Crippen molar-refractivity contribution in [3.8, 4) is 0 Å². The summed E-state index contributed by atoms with van der Waals surface area (Å²) >= 11 is 3.53. The minimum atomic E-state index is 0.659. The van der Waals surface area contributed by atoms with Gasteiger partial charge in [-0.2, -0.15) is 4.98 Å². The molecule has 0 atom stereocenters. The number of hydrogen-bond donors (Lipinski definition) is 1. The van der Waals surface area contributed by atoms with Gasteiger partial charge in [0.1, 0.15) is 0 Å². The molecule has 0 spiro atoms. The summed E-state index contributed by atoms with van der Waals surface area (Å²) in [7, 11) is 2.01. The summed E-state index contributed by atoms with van der Waals surface area (Å²) in [6.07, 6.45) is 3.88. The van der Waals surface area contributed by atoms with Crippen molar-refractivity contribution in [2.24, 2.45) is 0 Å². The third kappa shape index (κ3) is 3.94. The summed E-state index contributed by atoms with van der Waals surface area (Å²) in [4.78, 5) is 10.9. The van der Waals surface area contributed by atoms with Crippen LogP contribution in [0.3, 0.4) is 0 Å². The predicted molar refractivity (Wildman–Crippen MR) is 92.4 cm³/mol. The molecule has 0 bridgehead atoms. The maximum absolute atomic E-state index is 4.59. The number of nitrogens with one attached hydrogen (secondary N) is 1. The average molecular weight is 349 g/mol. The molecule has 21 heavy (non-hydrogen) atoms. The molecule has 2 aromatic rings. The Morgan fingerprint density at radius 2 is 1.90 bits per heavy atom. The van der Waals surface area contributed by atoms with Crippen molar-refractivity contribution in [1.82, 2.24) is 9.97 Å². The van der Waals surface area contributed by atoms with Gasteiger partial charge in [0.15, 0.2) is 5.82 Å². The lowest BCUT2D eigenvalue weighted by molar-refractivity contribution is 0.946. The molecule has 5 heteroatoms. The lowest BCUT2D eigenvalue weighted by Gasteiger charge is -2.20. The highest BCUT2D eigenvalue weighted by atomic mass is 79.9. The molecule has 0 aliphatic carbocycles. The Hall–Kier alpha value is -1.62. The van der Waals surface area contributed by atoms with Crippen LogP contribution < -0.4 is 10.2 Å². The van der Waals surface area contributed by atoms with Crippen molar-refractivity contribution in [1.29, 1.82) is 0 Å². The monoisotopic (exact) mass is 348 g/mol. The first-order chi connectivity index (χ1) is 10.2. The van der Waals surface area contributed by atoms with Gasteiger partial charge in [-0.05, 0) is 46.5 Å². The lowest BCUT2D eigenvalue weighted by Crippen LogP contribution is -2.14. The van der Waals surface area contributed by atoms with E-state index in [1.54, 1.807) is 6.20 Å². The topological polar surface area (TPSA) is 41.1 Å². The van der Waals surface area contributed by atoms with Crippen LogP contribution in [0.25, 0.3) is 0 Å². The smallest absolute Gasteiger partial charge is 0.224 e. The number of aromatic nitrogens is 2. The maximum Gasteiger partial charge on any atom is 0.224 e. The van der Waals surface area contributed by atoms with Crippen LogP contribution >= 0.6 is 15.9 Å². The maximum atomic E-state index is 4.59. The predicted octanol–water partition coefficient (Wildman–Crippen LogP) is 4.39. The van der Waals surface area contributed by atoms with Gasteiger partial charge in [-0.3, -0.25) is 0 Å². The summed E-state index contributed by atoms with van der Waals surface area (Å²) in [5.41, 5.74) is 2.44. The number of rotatable bonds is 6. The zero-order chi connectivity index (χ0) is 15.2. The van der Waals surface area contributed by atoms with Crippen LogP contribution in [0.15, 0.2) is 34.9 Å². The zero-order valence-electron chi connectivity index (χ0n) is 12.7. The third-order valence-electron chi connectivity index (χ3n) is 3.31. The van der Waals surface area contributed by atoms with Crippen LogP contribution in [-0.2, 0) is 6.42 Å². The second kappa shape index (κ2) is 7.41. The van der Waals surface area contributed by atoms with E-state index in [0.29, 0.717) is 5.95 Å². The standard InChI is InChI=1S/C16H21BrN4/c1-4-10-18-16-19-11-14(17)15(20-16)21(3)13-8-6-12(5-2)7-9-13/h6-9,11H,4-5,10H2,1-3H3,(H,18,19,20). The number of hydrogen-bond acceptors (Lipinski definition) is 4. The molecule has 1 N–H and O–H groups in total. The molecule has 0 unspecified atom stereocenters. The van der Waals surface area contributed by atoms with Crippen molar-refractivity contribution in [3.63, 3.8) is 0 Å². The molecule has 0 aliphatic heterocycles. The fourth-order valence-corrected chi connectivity index (χ4v) is 2.45. The Bertz CT molecular complexity index is 583. The van der Waals surface area contributed by atoms with Crippen molar-refractivity contribution >= 4 is 33.4 Å². The molecule has 2 rings (SSSR count). The summed E-state index contributed by atoms with van der Waals surface area (Å²) in [5.74, 6) is 1.51. The molecule has 1 heterocycles. The average Bonchev–Trinajstić information content (AvgIpc) is 2.53. The first kappa shape index (κ1) is 15.8. The summed E-state index contributed by atoms with van der Waals surface area (Å²) in [6.45, 7) is 5.15. The van der Waals surface area contributed by atoms with Crippen molar-refractivity contribution in [2.75, 3.05) is 23.8 Å². The lowest BCUT2D eigenvalue weighted by atomic mass is 10.1. The molecule has 0 saturated carbocycles. The number of aryl methyl sites for hydroxylation is 1. The normalized spacial score (nSPS) is 10.5. The molecule has 0 radical (unpaired) electrons. The zero-order valence-corrected chi connectivity index (χ0v) is 14.3. The number of benzene rings is 1. The van der Waals surface area contributed by atoms with Gasteiger partial charge in [0.25, 0.3) is 0 Å². The van der Waals surface area contributed by atoms with Crippen LogP contribution in [0, 0.1) is 0 Å².